The second kappa shape index (κ2) is 11.5. The number of benzene rings is 2. The van der Waals surface area contributed by atoms with E-state index in [4.69, 9.17) is 15.2 Å². The molecular formula is C26H34N4O2. The van der Waals surface area contributed by atoms with Gasteiger partial charge in [-0.3, -0.25) is 0 Å². The second-order valence-electron chi connectivity index (χ2n) is 7.83. The zero-order valence-corrected chi connectivity index (χ0v) is 19.6. The predicted molar refractivity (Wildman–Crippen MR) is 131 cm³/mol. The number of nitrogens with zero attached hydrogens (tertiary/aromatic N) is 3. The molecule has 0 spiro atoms. The van der Waals surface area contributed by atoms with Gasteiger partial charge in [0.05, 0.1) is 18.3 Å². The molecule has 2 heterocycles. The van der Waals surface area contributed by atoms with Crippen molar-refractivity contribution in [3.8, 4) is 5.75 Å². The summed E-state index contributed by atoms with van der Waals surface area (Å²) < 4.78 is 12.3. The summed E-state index contributed by atoms with van der Waals surface area (Å²) >= 11 is 0. The van der Waals surface area contributed by atoms with Crippen molar-refractivity contribution in [2.75, 3.05) is 26.1 Å². The van der Waals surface area contributed by atoms with Gasteiger partial charge in [0.25, 0.3) is 0 Å². The molecule has 4 aromatic rings. The monoisotopic (exact) mass is 434 g/mol. The van der Waals surface area contributed by atoms with E-state index in [0.717, 1.165) is 48.2 Å². The minimum atomic E-state index is 0.359. The molecule has 0 fully saturated rings. The van der Waals surface area contributed by atoms with E-state index in [9.17, 15) is 0 Å². The second-order valence-corrected chi connectivity index (χ2v) is 7.83. The van der Waals surface area contributed by atoms with Crippen LogP contribution >= 0.6 is 0 Å². The first-order chi connectivity index (χ1) is 15.6. The van der Waals surface area contributed by atoms with Crippen LogP contribution in [0.5, 0.6) is 5.75 Å². The molecule has 0 unspecified atom stereocenters. The van der Waals surface area contributed by atoms with Gasteiger partial charge in [-0.1, -0.05) is 56.7 Å². The Balaban J connectivity index is 0.000000312. The number of hydrogen-bond donors (Lipinski definition) is 1. The summed E-state index contributed by atoms with van der Waals surface area (Å²) in [6.45, 7) is 8.30. The van der Waals surface area contributed by atoms with Crippen LogP contribution in [-0.2, 0) is 11.2 Å². The molecule has 0 atom stereocenters. The van der Waals surface area contributed by atoms with Gasteiger partial charge in [-0.25, -0.2) is 4.98 Å². The topological polar surface area (TPSA) is 74.7 Å². The maximum atomic E-state index is 6.12. The normalized spacial score (nSPS) is 10.9. The van der Waals surface area contributed by atoms with Crippen LogP contribution in [0.25, 0.3) is 16.4 Å². The van der Waals surface area contributed by atoms with E-state index in [0.29, 0.717) is 11.7 Å². The Kier molecular flexibility index (Phi) is 8.45. The van der Waals surface area contributed by atoms with Crippen LogP contribution in [0.4, 0.5) is 5.95 Å². The van der Waals surface area contributed by atoms with Crippen molar-refractivity contribution < 1.29 is 9.47 Å². The smallest absolute Gasteiger partial charge is 0.222 e. The summed E-state index contributed by atoms with van der Waals surface area (Å²) in [7, 11) is 1.64. The van der Waals surface area contributed by atoms with Crippen LogP contribution in [0, 0.1) is 6.92 Å². The van der Waals surface area contributed by atoms with Gasteiger partial charge in [0.1, 0.15) is 11.3 Å². The summed E-state index contributed by atoms with van der Waals surface area (Å²) in [6, 6.07) is 16.3. The average Bonchev–Trinajstić information content (AvgIpc) is 3.23. The maximum Gasteiger partial charge on any atom is 0.222 e. The quantitative estimate of drug-likeness (QED) is 0.366. The minimum absolute atomic E-state index is 0.359. The maximum absolute atomic E-state index is 6.12. The number of aromatic nitrogens is 3. The number of anilines is 1. The largest absolute Gasteiger partial charge is 0.494 e. The van der Waals surface area contributed by atoms with E-state index < -0.39 is 0 Å². The molecule has 2 aromatic carbocycles. The molecule has 0 amide bonds. The molecule has 0 saturated carbocycles. The molecule has 2 aromatic heterocycles. The van der Waals surface area contributed by atoms with Gasteiger partial charge in [0.15, 0.2) is 0 Å². The van der Waals surface area contributed by atoms with Gasteiger partial charge in [0.2, 0.25) is 5.95 Å². The van der Waals surface area contributed by atoms with Gasteiger partial charge >= 0.3 is 0 Å². The molecule has 0 bridgehead atoms. The summed E-state index contributed by atoms with van der Waals surface area (Å²) in [4.78, 5) is 4.47. The third-order valence-corrected chi connectivity index (χ3v) is 5.32. The SMILES string of the molecule is CCCCOCCC.COc1cccc2c1nc(N)n1nc(Cc3ccccc3C)cc21. The third-order valence-electron chi connectivity index (χ3n) is 5.32. The number of rotatable bonds is 8. The van der Waals surface area contributed by atoms with Crippen LogP contribution in [0.1, 0.15) is 49.9 Å². The first-order valence-electron chi connectivity index (χ1n) is 11.3. The summed E-state index contributed by atoms with van der Waals surface area (Å²) in [5, 5.41) is 5.62. The van der Waals surface area contributed by atoms with E-state index in [1.165, 1.54) is 24.0 Å². The van der Waals surface area contributed by atoms with Gasteiger partial charge in [-0.05, 0) is 43.0 Å². The highest BCUT2D eigenvalue weighted by molar-refractivity contribution is 5.97. The van der Waals surface area contributed by atoms with Gasteiger partial charge < -0.3 is 15.2 Å². The summed E-state index contributed by atoms with van der Waals surface area (Å²) in [6.07, 6.45) is 4.35. The van der Waals surface area contributed by atoms with Crippen molar-refractivity contribution in [3.05, 3.63) is 65.4 Å². The van der Waals surface area contributed by atoms with E-state index in [1.54, 1.807) is 11.6 Å². The van der Waals surface area contributed by atoms with Crippen molar-refractivity contribution in [1.82, 2.24) is 14.6 Å². The zero-order valence-electron chi connectivity index (χ0n) is 19.6. The van der Waals surface area contributed by atoms with Crippen molar-refractivity contribution in [2.24, 2.45) is 0 Å². The number of nitrogen functional groups attached to an aromatic ring is 1. The number of ether oxygens (including phenoxy) is 2. The number of hydrogen-bond acceptors (Lipinski definition) is 5. The lowest BCUT2D eigenvalue weighted by atomic mass is 10.0. The highest BCUT2D eigenvalue weighted by atomic mass is 16.5. The fourth-order valence-corrected chi connectivity index (χ4v) is 3.55. The number of nitrogens with two attached hydrogens (primary N) is 1. The average molecular weight is 435 g/mol. The van der Waals surface area contributed by atoms with Crippen LogP contribution in [0.2, 0.25) is 0 Å². The Bertz CT molecular complexity index is 1150. The van der Waals surface area contributed by atoms with E-state index >= 15 is 0 Å². The van der Waals surface area contributed by atoms with E-state index in [-0.39, 0.29) is 0 Å². The Morgan fingerprint density at radius 3 is 2.53 bits per heavy atom. The van der Waals surface area contributed by atoms with Crippen LogP contribution < -0.4 is 10.5 Å². The minimum Gasteiger partial charge on any atom is -0.494 e. The zero-order chi connectivity index (χ0) is 22.9. The van der Waals surface area contributed by atoms with Crippen molar-refractivity contribution in [2.45, 2.75) is 46.5 Å². The predicted octanol–water partition coefficient (Wildman–Crippen LogP) is 5.59. The molecule has 0 radical (unpaired) electrons. The van der Waals surface area contributed by atoms with Crippen molar-refractivity contribution >= 4 is 22.4 Å². The fraction of sp³-hybridized carbons (Fsp3) is 0.385. The van der Waals surface area contributed by atoms with Crippen LogP contribution in [0.15, 0.2) is 48.5 Å². The molecule has 6 heteroatoms. The van der Waals surface area contributed by atoms with Crippen molar-refractivity contribution in [3.63, 3.8) is 0 Å². The molecular weight excluding hydrogens is 400 g/mol. The standard InChI is InChI=1S/C19H18N4O.C7H16O/c1-12-6-3-4-7-13(12)10-14-11-16-15-8-5-9-17(24-2)18(15)21-19(20)23(16)22-14;1-3-5-7-8-6-4-2/h3-9,11H,10H2,1-2H3,(H2,20,21);3-7H2,1-2H3. The number of para-hydroxylation sites is 1. The molecule has 2 N–H and O–H groups in total. The molecule has 32 heavy (non-hydrogen) atoms. The first kappa shape index (κ1) is 23.5. The highest BCUT2D eigenvalue weighted by Gasteiger charge is 2.13. The molecule has 0 aliphatic heterocycles. The summed E-state index contributed by atoms with van der Waals surface area (Å²) in [5.74, 6) is 1.07. The Labute approximate surface area is 190 Å². The van der Waals surface area contributed by atoms with Crippen molar-refractivity contribution in [1.29, 1.82) is 0 Å². The molecule has 0 aliphatic rings. The number of aryl methyl sites for hydroxylation is 1. The van der Waals surface area contributed by atoms with Gasteiger partial charge in [0, 0.05) is 25.0 Å². The first-order valence-corrected chi connectivity index (χ1v) is 11.3. The van der Waals surface area contributed by atoms with Crippen LogP contribution in [-0.4, -0.2) is 34.9 Å². The number of fused-ring (bicyclic) bond motifs is 3. The fourth-order valence-electron chi connectivity index (χ4n) is 3.55. The summed E-state index contributed by atoms with van der Waals surface area (Å²) in [5.41, 5.74) is 11.3. The third kappa shape index (κ3) is 5.56. The van der Waals surface area contributed by atoms with Crippen LogP contribution in [0.3, 0.4) is 0 Å². The van der Waals surface area contributed by atoms with E-state index in [1.807, 2.05) is 30.3 Å². The molecule has 0 aliphatic carbocycles. The molecule has 4 rings (SSSR count). The Hall–Kier alpha value is -3.12. The van der Waals surface area contributed by atoms with Gasteiger partial charge in [-0.2, -0.15) is 9.61 Å². The molecule has 0 saturated heterocycles. The Morgan fingerprint density at radius 1 is 1.00 bits per heavy atom. The molecule has 6 nitrogen and oxygen atoms in total. The number of unbranched alkanes of at least 4 members (excludes halogenated alkanes) is 1. The highest BCUT2D eigenvalue weighted by Crippen LogP contribution is 2.29. The lowest BCUT2D eigenvalue weighted by Crippen LogP contribution is -2.03. The van der Waals surface area contributed by atoms with Gasteiger partial charge in [-0.15, -0.1) is 0 Å². The van der Waals surface area contributed by atoms with E-state index in [2.05, 4.69) is 49.1 Å². The lowest BCUT2D eigenvalue weighted by Gasteiger charge is -2.07. The lowest BCUT2D eigenvalue weighted by molar-refractivity contribution is 0.132. The number of methoxy groups -OCH3 is 1. The Morgan fingerprint density at radius 2 is 1.81 bits per heavy atom. The molecule has 170 valence electrons.